The molecule has 214 valence electrons. The summed E-state index contributed by atoms with van der Waals surface area (Å²) in [5.74, 6) is 0.414. The fraction of sp³-hybridized carbons (Fsp3) is 0.500. The number of Topliss-reactive ketones (excluding diaryl/α,β-unsaturated/α-hetero) is 2. The summed E-state index contributed by atoms with van der Waals surface area (Å²) < 4.78 is 11.1. The van der Waals surface area contributed by atoms with Gasteiger partial charge in [-0.2, -0.15) is 0 Å². The highest BCUT2D eigenvalue weighted by atomic mass is 35.5. The lowest BCUT2D eigenvalue weighted by Gasteiger charge is -2.32. The van der Waals surface area contributed by atoms with Gasteiger partial charge >= 0.3 is 5.97 Å². The van der Waals surface area contributed by atoms with Gasteiger partial charge in [0.2, 0.25) is 5.78 Å². The number of carbonyl (C=O) groups excluding carboxylic acids is 3. The summed E-state index contributed by atoms with van der Waals surface area (Å²) in [4.78, 5) is 38.6. The first kappa shape index (κ1) is 30.0. The van der Waals surface area contributed by atoms with Crippen molar-refractivity contribution >= 4 is 29.1 Å². The largest absolute Gasteiger partial charge is 0.489 e. The van der Waals surface area contributed by atoms with Gasteiger partial charge in [0.05, 0.1) is 13.2 Å². The van der Waals surface area contributed by atoms with Gasteiger partial charge in [0.15, 0.2) is 11.5 Å². The van der Waals surface area contributed by atoms with Crippen molar-refractivity contribution in [3.05, 3.63) is 81.6 Å². The molecule has 0 N–H and O–H groups in total. The van der Waals surface area contributed by atoms with E-state index in [2.05, 4.69) is 12.1 Å². The molecule has 2 aliphatic rings. The molecule has 1 fully saturated rings. The average molecular weight is 565 g/mol. The number of hydrogen-bond acceptors (Lipinski definition) is 5. The van der Waals surface area contributed by atoms with Gasteiger partial charge in [0, 0.05) is 28.1 Å². The van der Waals surface area contributed by atoms with Crippen molar-refractivity contribution < 1.29 is 23.9 Å². The van der Waals surface area contributed by atoms with E-state index < -0.39 is 0 Å². The molecule has 0 unspecified atom stereocenters. The number of fused-ring (bicyclic) bond motifs is 1. The first-order chi connectivity index (χ1) is 19.5. The summed E-state index contributed by atoms with van der Waals surface area (Å²) in [5.41, 5.74) is 2.81. The van der Waals surface area contributed by atoms with Crippen molar-refractivity contribution in [3.63, 3.8) is 0 Å². The molecule has 0 saturated heterocycles. The molecule has 1 saturated carbocycles. The van der Waals surface area contributed by atoms with Crippen LogP contribution in [0.15, 0.2) is 59.9 Å². The lowest BCUT2D eigenvalue weighted by molar-refractivity contribution is -0.143. The highest BCUT2D eigenvalue weighted by Crippen LogP contribution is 2.42. The number of ketones is 2. The van der Waals surface area contributed by atoms with Crippen molar-refractivity contribution in [1.29, 1.82) is 0 Å². The van der Waals surface area contributed by atoms with Crippen LogP contribution >= 0.6 is 11.6 Å². The number of esters is 1. The van der Waals surface area contributed by atoms with E-state index in [9.17, 15) is 14.4 Å². The van der Waals surface area contributed by atoms with Gasteiger partial charge in [-0.3, -0.25) is 14.4 Å². The van der Waals surface area contributed by atoms with E-state index in [-0.39, 0.29) is 29.2 Å². The summed E-state index contributed by atoms with van der Waals surface area (Å²) in [6.07, 6.45) is 11.2. The zero-order chi connectivity index (χ0) is 28.3. The Bertz CT molecular complexity index is 1190. The second-order valence-electron chi connectivity index (χ2n) is 10.9. The number of halogens is 1. The van der Waals surface area contributed by atoms with Crippen molar-refractivity contribution in [3.8, 4) is 0 Å². The molecule has 0 heterocycles. The molecule has 0 aromatic heterocycles. The lowest BCUT2D eigenvalue weighted by atomic mass is 9.72. The summed E-state index contributed by atoms with van der Waals surface area (Å²) in [7, 11) is 0. The molecule has 6 heteroatoms. The summed E-state index contributed by atoms with van der Waals surface area (Å²) >= 11 is 6.07. The number of unbranched alkanes of at least 4 members (excludes halogenated alkanes) is 6. The third kappa shape index (κ3) is 7.84. The van der Waals surface area contributed by atoms with Crippen LogP contribution in [-0.2, 0) is 14.3 Å². The molecule has 0 radical (unpaired) electrons. The smallest absolute Gasteiger partial charge is 0.305 e. The average Bonchev–Trinajstić information content (AvgIpc) is 2.97. The highest BCUT2D eigenvalue weighted by molar-refractivity contribution is 6.30. The SMILES string of the molecule is CCOC(=O)CCCCCCCCCOC1=C(C2CCC(c3ccc(Cl)cc3)CC2)C(=O)c2ccccc2C1=O. The van der Waals surface area contributed by atoms with Crippen molar-refractivity contribution in [2.75, 3.05) is 13.2 Å². The van der Waals surface area contributed by atoms with E-state index in [0.717, 1.165) is 75.7 Å². The second kappa shape index (κ2) is 15.2. The fourth-order valence-corrected chi connectivity index (χ4v) is 6.13. The molecule has 0 bridgehead atoms. The van der Waals surface area contributed by atoms with Gasteiger partial charge in [-0.25, -0.2) is 0 Å². The van der Waals surface area contributed by atoms with Crippen LogP contribution in [0, 0.1) is 5.92 Å². The molecule has 2 aromatic rings. The van der Waals surface area contributed by atoms with E-state index in [4.69, 9.17) is 21.1 Å². The highest BCUT2D eigenvalue weighted by Gasteiger charge is 2.38. The van der Waals surface area contributed by atoms with E-state index in [1.807, 2.05) is 25.1 Å². The van der Waals surface area contributed by atoms with Crippen LogP contribution in [0.4, 0.5) is 0 Å². The van der Waals surface area contributed by atoms with Crippen molar-refractivity contribution in [2.45, 2.75) is 89.9 Å². The number of allylic oxidation sites excluding steroid dienone is 2. The fourth-order valence-electron chi connectivity index (χ4n) is 6.00. The standard InChI is InChI=1S/C34H41ClO5/c1-2-39-30(36)14-8-6-4-3-5-7-11-23-40-34-31(32(37)28-12-9-10-13-29(28)33(34)38)26-17-15-24(16-18-26)25-19-21-27(35)22-20-25/h9-10,12-13,19-22,24,26H,2-8,11,14-18,23H2,1H3. The normalized spacial score (nSPS) is 18.9. The number of carbonyl (C=O) groups is 3. The maximum Gasteiger partial charge on any atom is 0.305 e. The summed E-state index contributed by atoms with van der Waals surface area (Å²) in [5, 5.41) is 0.736. The first-order valence-electron chi connectivity index (χ1n) is 15.0. The maximum absolute atomic E-state index is 13.7. The molecule has 0 atom stereocenters. The van der Waals surface area contributed by atoms with Gasteiger partial charge in [0.25, 0.3) is 0 Å². The number of hydrogen-bond donors (Lipinski definition) is 0. The van der Waals surface area contributed by atoms with E-state index in [0.29, 0.717) is 42.3 Å². The Hall–Kier alpha value is -2.92. The molecule has 2 aliphatic carbocycles. The Morgan fingerprint density at radius 2 is 1.35 bits per heavy atom. The van der Waals surface area contributed by atoms with E-state index >= 15 is 0 Å². The predicted octanol–water partition coefficient (Wildman–Crippen LogP) is 8.65. The van der Waals surface area contributed by atoms with Crippen LogP contribution in [0.25, 0.3) is 0 Å². The topological polar surface area (TPSA) is 69.7 Å². The Morgan fingerprint density at radius 1 is 0.775 bits per heavy atom. The zero-order valence-corrected chi connectivity index (χ0v) is 24.3. The quantitative estimate of drug-likeness (QED) is 0.170. The van der Waals surface area contributed by atoms with Gasteiger partial charge in [-0.05, 0) is 75.0 Å². The lowest BCUT2D eigenvalue weighted by Crippen LogP contribution is -2.29. The molecule has 40 heavy (non-hydrogen) atoms. The van der Waals surface area contributed by atoms with Crippen LogP contribution in [0.1, 0.15) is 116 Å². The van der Waals surface area contributed by atoms with E-state index in [1.165, 1.54) is 5.56 Å². The van der Waals surface area contributed by atoms with Crippen LogP contribution in [0.5, 0.6) is 0 Å². The molecule has 0 aliphatic heterocycles. The number of ether oxygens (including phenoxy) is 2. The van der Waals surface area contributed by atoms with Crippen LogP contribution < -0.4 is 0 Å². The van der Waals surface area contributed by atoms with Crippen LogP contribution in [-0.4, -0.2) is 30.7 Å². The summed E-state index contributed by atoms with van der Waals surface area (Å²) in [6.45, 7) is 2.70. The Labute approximate surface area is 243 Å². The minimum Gasteiger partial charge on any atom is -0.489 e. The van der Waals surface area contributed by atoms with Gasteiger partial charge in [0.1, 0.15) is 0 Å². The number of benzene rings is 2. The van der Waals surface area contributed by atoms with Gasteiger partial charge in [-0.1, -0.05) is 80.1 Å². The third-order valence-corrected chi connectivity index (χ3v) is 8.42. The Kier molecular flexibility index (Phi) is 11.4. The minimum absolute atomic E-state index is 0.0259. The van der Waals surface area contributed by atoms with Crippen molar-refractivity contribution in [2.24, 2.45) is 5.92 Å². The number of rotatable bonds is 14. The third-order valence-electron chi connectivity index (χ3n) is 8.17. The summed E-state index contributed by atoms with van der Waals surface area (Å²) in [6, 6.07) is 15.2. The zero-order valence-electron chi connectivity index (χ0n) is 23.6. The molecular weight excluding hydrogens is 524 g/mol. The molecule has 4 rings (SSSR count). The Balaban J connectivity index is 1.31. The van der Waals surface area contributed by atoms with Crippen molar-refractivity contribution in [1.82, 2.24) is 0 Å². The predicted molar refractivity (Wildman–Crippen MR) is 158 cm³/mol. The first-order valence-corrected chi connectivity index (χ1v) is 15.3. The van der Waals surface area contributed by atoms with Gasteiger partial charge in [-0.15, -0.1) is 0 Å². The Morgan fingerprint density at radius 3 is 2.00 bits per heavy atom. The van der Waals surface area contributed by atoms with Crippen LogP contribution in [0.3, 0.4) is 0 Å². The molecule has 5 nitrogen and oxygen atoms in total. The maximum atomic E-state index is 13.7. The molecule has 0 amide bonds. The van der Waals surface area contributed by atoms with E-state index in [1.54, 1.807) is 18.2 Å². The van der Waals surface area contributed by atoms with Crippen LogP contribution in [0.2, 0.25) is 5.02 Å². The molecular formula is C34H41ClO5. The minimum atomic E-state index is -0.161. The van der Waals surface area contributed by atoms with Gasteiger partial charge < -0.3 is 9.47 Å². The molecule has 2 aromatic carbocycles. The second-order valence-corrected chi connectivity index (χ2v) is 11.4. The monoisotopic (exact) mass is 564 g/mol. The molecule has 0 spiro atoms.